The van der Waals surface area contributed by atoms with Crippen molar-refractivity contribution in [1.82, 2.24) is 15.6 Å². The quantitative estimate of drug-likeness (QED) is 0.836. The summed E-state index contributed by atoms with van der Waals surface area (Å²) in [6, 6.07) is 0.431. The Balaban J connectivity index is 1.59. The van der Waals surface area contributed by atoms with Gasteiger partial charge in [0.05, 0.1) is 11.7 Å². The van der Waals surface area contributed by atoms with Crippen molar-refractivity contribution < 1.29 is 4.42 Å². The molecule has 4 nitrogen and oxygen atoms in total. The second-order valence-corrected chi connectivity index (χ2v) is 5.21. The molecule has 1 aromatic rings. The number of aromatic nitrogens is 1. The molecule has 4 heteroatoms. The molecule has 17 heavy (non-hydrogen) atoms. The van der Waals surface area contributed by atoms with E-state index in [1.165, 1.54) is 25.7 Å². The van der Waals surface area contributed by atoms with Crippen LogP contribution in [0.3, 0.4) is 0 Å². The van der Waals surface area contributed by atoms with Crippen LogP contribution in [-0.4, -0.2) is 24.6 Å². The molecule has 0 spiro atoms. The van der Waals surface area contributed by atoms with Crippen LogP contribution in [0, 0.1) is 5.92 Å². The molecule has 3 rings (SSSR count). The van der Waals surface area contributed by atoms with Gasteiger partial charge in [-0.3, -0.25) is 0 Å². The number of hydrogen-bond acceptors (Lipinski definition) is 4. The largest absolute Gasteiger partial charge is 0.449 e. The maximum absolute atomic E-state index is 5.61. The Hall–Kier alpha value is -0.870. The van der Waals surface area contributed by atoms with E-state index in [9.17, 15) is 0 Å². The number of nitrogens with zero attached hydrogens (tertiary/aromatic N) is 1. The third-order valence-corrected chi connectivity index (χ3v) is 3.91. The highest BCUT2D eigenvalue weighted by Crippen LogP contribution is 2.24. The molecular formula is C13H21N3O. The highest BCUT2D eigenvalue weighted by molar-refractivity contribution is 5.05. The Kier molecular flexibility index (Phi) is 3.43. The molecule has 0 bridgehead atoms. The molecule has 2 fully saturated rings. The SMILES string of the molecule is c1oc(CC2CCNCC2)nc1C1CCCN1. The maximum Gasteiger partial charge on any atom is 0.194 e. The Morgan fingerprint density at radius 3 is 2.88 bits per heavy atom. The van der Waals surface area contributed by atoms with Gasteiger partial charge in [0.2, 0.25) is 0 Å². The predicted molar refractivity (Wildman–Crippen MR) is 65.8 cm³/mol. The summed E-state index contributed by atoms with van der Waals surface area (Å²) in [5.41, 5.74) is 1.10. The monoisotopic (exact) mass is 235 g/mol. The molecule has 0 saturated carbocycles. The van der Waals surface area contributed by atoms with Crippen molar-refractivity contribution in [3.63, 3.8) is 0 Å². The first kappa shape index (κ1) is 11.2. The molecule has 0 aliphatic carbocycles. The third kappa shape index (κ3) is 2.69. The Morgan fingerprint density at radius 1 is 1.24 bits per heavy atom. The topological polar surface area (TPSA) is 50.1 Å². The van der Waals surface area contributed by atoms with E-state index in [2.05, 4.69) is 15.6 Å². The van der Waals surface area contributed by atoms with Gasteiger partial charge in [0.15, 0.2) is 5.89 Å². The van der Waals surface area contributed by atoms with Crippen LogP contribution in [0.25, 0.3) is 0 Å². The Labute approximate surface area is 102 Å². The molecule has 0 amide bonds. The number of piperidine rings is 1. The molecule has 0 radical (unpaired) electrons. The van der Waals surface area contributed by atoms with Crippen LogP contribution in [0.1, 0.15) is 43.3 Å². The van der Waals surface area contributed by atoms with Crippen LogP contribution in [0.5, 0.6) is 0 Å². The lowest BCUT2D eigenvalue weighted by Gasteiger charge is -2.20. The predicted octanol–water partition coefficient (Wildman–Crippen LogP) is 1.64. The molecule has 2 aliphatic rings. The minimum atomic E-state index is 0.431. The Morgan fingerprint density at radius 2 is 2.12 bits per heavy atom. The first-order valence-electron chi connectivity index (χ1n) is 6.80. The van der Waals surface area contributed by atoms with Crippen LogP contribution < -0.4 is 10.6 Å². The molecule has 2 aliphatic heterocycles. The van der Waals surface area contributed by atoms with Gasteiger partial charge in [0.1, 0.15) is 6.26 Å². The van der Waals surface area contributed by atoms with E-state index < -0.39 is 0 Å². The summed E-state index contributed by atoms with van der Waals surface area (Å²) >= 11 is 0. The first-order chi connectivity index (χ1) is 8.42. The molecule has 94 valence electrons. The summed E-state index contributed by atoms with van der Waals surface area (Å²) < 4.78 is 5.61. The summed E-state index contributed by atoms with van der Waals surface area (Å²) in [4.78, 5) is 4.64. The molecule has 1 aromatic heterocycles. The average Bonchev–Trinajstić information content (AvgIpc) is 3.00. The van der Waals surface area contributed by atoms with Crippen molar-refractivity contribution in [2.75, 3.05) is 19.6 Å². The maximum atomic E-state index is 5.61. The molecule has 3 heterocycles. The summed E-state index contributed by atoms with van der Waals surface area (Å²) in [5, 5.41) is 6.85. The van der Waals surface area contributed by atoms with Gasteiger partial charge in [0, 0.05) is 6.42 Å². The van der Waals surface area contributed by atoms with Crippen molar-refractivity contribution in [2.45, 2.75) is 38.1 Å². The summed E-state index contributed by atoms with van der Waals surface area (Å²) in [6.45, 7) is 3.39. The highest BCUT2D eigenvalue weighted by atomic mass is 16.3. The van der Waals surface area contributed by atoms with E-state index in [1.54, 1.807) is 0 Å². The normalized spacial score (nSPS) is 26.5. The van der Waals surface area contributed by atoms with Crippen molar-refractivity contribution in [3.8, 4) is 0 Å². The molecule has 2 N–H and O–H groups in total. The third-order valence-electron chi connectivity index (χ3n) is 3.91. The van der Waals surface area contributed by atoms with Gasteiger partial charge in [-0.2, -0.15) is 0 Å². The second kappa shape index (κ2) is 5.19. The van der Waals surface area contributed by atoms with E-state index in [0.717, 1.165) is 43.6 Å². The fraction of sp³-hybridized carbons (Fsp3) is 0.769. The lowest BCUT2D eigenvalue weighted by molar-refractivity contribution is 0.341. The molecule has 0 aromatic carbocycles. The van der Waals surface area contributed by atoms with Gasteiger partial charge in [-0.1, -0.05) is 0 Å². The van der Waals surface area contributed by atoms with Gasteiger partial charge < -0.3 is 15.1 Å². The lowest BCUT2D eigenvalue weighted by atomic mass is 9.95. The number of nitrogens with one attached hydrogen (secondary N) is 2. The highest BCUT2D eigenvalue weighted by Gasteiger charge is 2.21. The van der Waals surface area contributed by atoms with E-state index in [4.69, 9.17) is 4.42 Å². The second-order valence-electron chi connectivity index (χ2n) is 5.21. The van der Waals surface area contributed by atoms with Crippen LogP contribution in [0.4, 0.5) is 0 Å². The number of rotatable bonds is 3. The Bertz CT molecular complexity index is 351. The summed E-state index contributed by atoms with van der Waals surface area (Å²) in [5.74, 6) is 1.68. The molecular weight excluding hydrogens is 214 g/mol. The van der Waals surface area contributed by atoms with Gasteiger partial charge in [-0.25, -0.2) is 4.98 Å². The van der Waals surface area contributed by atoms with Gasteiger partial charge in [0.25, 0.3) is 0 Å². The molecule has 1 unspecified atom stereocenters. The average molecular weight is 235 g/mol. The van der Waals surface area contributed by atoms with Crippen LogP contribution in [0.2, 0.25) is 0 Å². The number of hydrogen-bond donors (Lipinski definition) is 2. The van der Waals surface area contributed by atoms with Crippen molar-refractivity contribution in [3.05, 3.63) is 17.8 Å². The fourth-order valence-electron chi connectivity index (χ4n) is 2.85. The van der Waals surface area contributed by atoms with Crippen LogP contribution in [-0.2, 0) is 6.42 Å². The van der Waals surface area contributed by atoms with Crippen LogP contribution >= 0.6 is 0 Å². The van der Waals surface area contributed by atoms with Crippen LogP contribution in [0.15, 0.2) is 10.7 Å². The molecule has 1 atom stereocenters. The van der Waals surface area contributed by atoms with Crippen molar-refractivity contribution in [1.29, 1.82) is 0 Å². The zero-order chi connectivity index (χ0) is 11.5. The smallest absolute Gasteiger partial charge is 0.194 e. The minimum absolute atomic E-state index is 0.431. The fourth-order valence-corrected chi connectivity index (χ4v) is 2.85. The first-order valence-corrected chi connectivity index (χ1v) is 6.80. The molecule has 2 saturated heterocycles. The zero-order valence-corrected chi connectivity index (χ0v) is 10.2. The van der Waals surface area contributed by atoms with Gasteiger partial charge in [-0.15, -0.1) is 0 Å². The summed E-state index contributed by atoms with van der Waals surface area (Å²) in [7, 11) is 0. The van der Waals surface area contributed by atoms with E-state index in [1.807, 2.05) is 6.26 Å². The minimum Gasteiger partial charge on any atom is -0.449 e. The van der Waals surface area contributed by atoms with Gasteiger partial charge >= 0.3 is 0 Å². The van der Waals surface area contributed by atoms with E-state index in [0.29, 0.717) is 6.04 Å². The lowest BCUT2D eigenvalue weighted by Crippen LogP contribution is -2.28. The van der Waals surface area contributed by atoms with E-state index in [-0.39, 0.29) is 0 Å². The van der Waals surface area contributed by atoms with Crippen molar-refractivity contribution in [2.24, 2.45) is 5.92 Å². The zero-order valence-electron chi connectivity index (χ0n) is 10.2. The standard InChI is InChI=1S/C13H21N3O/c1-2-11(15-5-1)12-9-17-13(16-12)8-10-3-6-14-7-4-10/h9-11,14-15H,1-8H2. The summed E-state index contributed by atoms with van der Waals surface area (Å²) in [6.07, 6.45) is 7.80. The number of oxazole rings is 1. The van der Waals surface area contributed by atoms with Crippen molar-refractivity contribution >= 4 is 0 Å². The van der Waals surface area contributed by atoms with Gasteiger partial charge in [-0.05, 0) is 51.2 Å². The van der Waals surface area contributed by atoms with E-state index >= 15 is 0 Å².